The number of amides is 11. The highest BCUT2D eigenvalue weighted by Crippen LogP contribution is 2.36. The summed E-state index contributed by atoms with van der Waals surface area (Å²) < 4.78 is 41.4. The number of alkyl halides is 3. The van der Waals surface area contributed by atoms with Gasteiger partial charge in [-0.1, -0.05) is 87.0 Å². The zero-order valence-corrected chi connectivity index (χ0v) is 63.0. The summed E-state index contributed by atoms with van der Waals surface area (Å²) in [4.78, 5) is 189. The van der Waals surface area contributed by atoms with E-state index >= 15 is 14.4 Å². The molecule has 572 valence electrons. The van der Waals surface area contributed by atoms with Gasteiger partial charge in [0.05, 0.1) is 29.6 Å². The standard InChI is InChI=1S/C76H108ClF3N12O12/c1-12-14-26-58-68(98)83-75(48-93,50(4)13-2)47-85(7)51(5)69(99)92-42-37-60(92)72(102)87(9)61(44-53-31-29-49(3)30-32-53)71(101)84(6)46-63(94)82-57(36-34-52-33-35-55(56(77)43-52)76(78,79)80)70(100)91-41-23-27-59(91)67(97)81-38-20-19-28-64(95)89(11)66(54-24-17-15-18-25-54)74(104)88(10)62(45-65(96)86(58)8)73(103)90-39-21-16-22-40-90/h1,29-33,35,43,48,50-51,54,57-62,66H,13-28,34,36-42,44-47H2,2-11H3,(H,81,97)(H,82,94)(H,83,98)/t50?,51-,57-,58-,59-,60-,61-,62-,66-,75+/m0/s1. The molecule has 3 N–H and O–H groups in total. The highest BCUT2D eigenvalue weighted by Gasteiger charge is 2.48. The Labute approximate surface area is 615 Å². The van der Waals surface area contributed by atoms with Crippen LogP contribution in [0.3, 0.4) is 0 Å². The minimum atomic E-state index is -4.75. The molecule has 5 fully saturated rings. The van der Waals surface area contributed by atoms with Crippen LogP contribution in [-0.4, -0.2) is 257 Å². The van der Waals surface area contributed by atoms with E-state index in [4.69, 9.17) is 18.0 Å². The minimum Gasteiger partial charge on any atom is -0.354 e. The number of nitrogens with one attached hydrogen (secondary N) is 3. The van der Waals surface area contributed by atoms with Crippen molar-refractivity contribution < 1.29 is 70.7 Å². The molecule has 0 spiro atoms. The molecule has 28 heteroatoms. The van der Waals surface area contributed by atoms with Gasteiger partial charge in [-0.05, 0) is 139 Å². The van der Waals surface area contributed by atoms with Gasteiger partial charge in [0.15, 0.2) is 0 Å². The molecule has 10 atom stereocenters. The first kappa shape index (κ1) is 83.2. The van der Waals surface area contributed by atoms with Crippen LogP contribution in [0.25, 0.3) is 0 Å². The van der Waals surface area contributed by atoms with Gasteiger partial charge in [0.25, 0.3) is 0 Å². The first-order chi connectivity index (χ1) is 49.3. The number of aldehydes is 1. The molecule has 2 aromatic carbocycles. The van der Waals surface area contributed by atoms with E-state index in [1.807, 2.05) is 26.0 Å². The predicted octanol–water partition coefficient (Wildman–Crippen LogP) is 5.80. The summed E-state index contributed by atoms with van der Waals surface area (Å²) in [7, 11) is 8.81. The van der Waals surface area contributed by atoms with Crippen LogP contribution in [0.4, 0.5) is 13.2 Å². The monoisotopic (exact) mass is 1470 g/mol. The second-order valence-electron chi connectivity index (χ2n) is 29.3. The van der Waals surface area contributed by atoms with Crippen LogP contribution in [0.1, 0.15) is 165 Å². The molecule has 0 aromatic heterocycles. The SMILES string of the molecule is C#CCC[C@H]1C(=O)N[C@](C=O)(C(C)CC)CN(C)[C@@H](C)C(=O)N2CC[C@H]2C(=O)N(C)[C@@H](Cc2ccc(C)cc2)C(=O)N(C)CC(=O)N[C@@H](CCc2ccc(C(F)(F)F)c(Cl)c2)C(=O)N2CCC[C@H]2C(=O)NCCCCC(=O)N(C)[C@@H](C2CCCCC2)C(=O)N(C)[C@H](C(=O)N2CCCCC2)CC(=O)N1C. The summed E-state index contributed by atoms with van der Waals surface area (Å²) in [5.41, 5.74) is -0.857. The Hall–Kier alpha value is -8.12. The maximum absolute atomic E-state index is 15.4. The number of terminal acetylenes is 1. The van der Waals surface area contributed by atoms with Crippen LogP contribution in [0.15, 0.2) is 42.5 Å². The van der Waals surface area contributed by atoms with E-state index in [2.05, 4.69) is 21.9 Å². The fraction of sp³-hybridized carbons (Fsp3) is 0.658. The summed E-state index contributed by atoms with van der Waals surface area (Å²) in [5.74, 6) is -4.86. The van der Waals surface area contributed by atoms with Gasteiger partial charge in [0, 0.05) is 93.8 Å². The van der Waals surface area contributed by atoms with Crippen molar-refractivity contribution in [3.8, 4) is 12.3 Å². The van der Waals surface area contributed by atoms with Crippen LogP contribution in [0.2, 0.25) is 5.02 Å². The van der Waals surface area contributed by atoms with E-state index in [0.717, 1.165) is 48.3 Å². The average Bonchev–Trinajstić information content (AvgIpc) is 0.957. The van der Waals surface area contributed by atoms with E-state index in [0.29, 0.717) is 75.4 Å². The molecule has 24 nitrogen and oxygen atoms in total. The number of likely N-dealkylation sites (tertiary alicyclic amines) is 1. The third-order valence-corrected chi connectivity index (χ3v) is 22.6. The molecule has 4 aliphatic heterocycles. The smallest absolute Gasteiger partial charge is 0.354 e. The maximum atomic E-state index is 15.4. The summed E-state index contributed by atoms with van der Waals surface area (Å²) in [6, 6.07) is 1.03. The van der Waals surface area contributed by atoms with E-state index in [1.54, 1.807) is 49.9 Å². The number of aryl methyl sites for hydroxylation is 2. The third kappa shape index (κ3) is 20.7. The number of halogens is 4. The predicted molar refractivity (Wildman–Crippen MR) is 385 cm³/mol. The second kappa shape index (κ2) is 37.7. The Morgan fingerprint density at radius 2 is 1.36 bits per heavy atom. The molecule has 4 saturated heterocycles. The van der Waals surface area contributed by atoms with Crippen LogP contribution >= 0.6 is 11.6 Å². The van der Waals surface area contributed by atoms with Gasteiger partial charge in [0.2, 0.25) is 65.0 Å². The number of likely N-dealkylation sites (N-methyl/N-ethyl adjacent to an activating group) is 6. The Morgan fingerprint density at radius 1 is 0.702 bits per heavy atom. The van der Waals surface area contributed by atoms with Crippen LogP contribution in [0.5, 0.6) is 0 Å². The molecule has 1 unspecified atom stereocenters. The van der Waals surface area contributed by atoms with Crippen LogP contribution in [-0.2, 0) is 76.6 Å². The number of piperidine rings is 1. The lowest BCUT2D eigenvalue weighted by atomic mass is 9.82. The van der Waals surface area contributed by atoms with E-state index in [-0.39, 0.29) is 95.8 Å². The normalized spacial score (nSPS) is 27.0. The van der Waals surface area contributed by atoms with E-state index in [1.165, 1.54) is 63.7 Å². The van der Waals surface area contributed by atoms with Crippen molar-refractivity contribution >= 4 is 82.9 Å². The van der Waals surface area contributed by atoms with Gasteiger partial charge in [0.1, 0.15) is 54.1 Å². The number of rotatable bonds is 12. The molecule has 0 bridgehead atoms. The van der Waals surface area contributed by atoms with E-state index < -0.39 is 149 Å². The lowest BCUT2D eigenvalue weighted by Gasteiger charge is -2.46. The number of carbonyl (C=O) groups excluding carboxylic acids is 12. The molecular weight excluding hydrogens is 1370 g/mol. The maximum Gasteiger partial charge on any atom is 0.417 e. The lowest BCUT2D eigenvalue weighted by molar-refractivity contribution is -0.158. The van der Waals surface area contributed by atoms with Crippen molar-refractivity contribution in [3.05, 3.63) is 69.7 Å². The Kier molecular flexibility index (Phi) is 30.2. The number of carbonyl (C=O) groups is 12. The quantitative estimate of drug-likeness (QED) is 0.168. The first-order valence-electron chi connectivity index (χ1n) is 36.9. The fourth-order valence-corrected chi connectivity index (χ4v) is 15.4. The lowest BCUT2D eigenvalue weighted by Crippen LogP contribution is -2.66. The zero-order chi connectivity index (χ0) is 76.5. The van der Waals surface area contributed by atoms with Crippen molar-refractivity contribution in [2.75, 3.05) is 88.1 Å². The fourth-order valence-electron chi connectivity index (χ4n) is 15.1. The van der Waals surface area contributed by atoms with E-state index in [9.17, 15) is 56.3 Å². The van der Waals surface area contributed by atoms with Gasteiger partial charge in [-0.15, -0.1) is 12.3 Å². The Bertz CT molecular complexity index is 3450. The number of hydrogen-bond donors (Lipinski definition) is 3. The summed E-state index contributed by atoms with van der Waals surface area (Å²) in [6.07, 6.45) is 8.59. The average molecular weight is 1470 g/mol. The molecular formula is C76H108ClF3N12O12. The highest BCUT2D eigenvalue weighted by atomic mass is 35.5. The molecule has 0 radical (unpaired) electrons. The largest absolute Gasteiger partial charge is 0.417 e. The van der Waals surface area contributed by atoms with Gasteiger partial charge < -0.3 is 59.9 Å². The van der Waals surface area contributed by atoms with Crippen molar-refractivity contribution in [1.29, 1.82) is 0 Å². The Balaban J connectivity index is 1.24. The van der Waals surface area contributed by atoms with Crippen molar-refractivity contribution in [2.45, 2.75) is 223 Å². The zero-order valence-electron chi connectivity index (χ0n) is 62.2. The number of benzene rings is 2. The van der Waals surface area contributed by atoms with Gasteiger partial charge in [-0.3, -0.25) is 57.6 Å². The Morgan fingerprint density at radius 3 is 1.97 bits per heavy atom. The van der Waals surface area contributed by atoms with Crippen molar-refractivity contribution in [1.82, 2.24) is 60.0 Å². The third-order valence-electron chi connectivity index (χ3n) is 22.3. The molecule has 1 saturated carbocycles. The molecule has 5 aliphatic rings. The molecule has 2 aromatic rings. The molecule has 11 amide bonds. The minimum absolute atomic E-state index is 0.0186. The van der Waals surface area contributed by atoms with Gasteiger partial charge in [-0.2, -0.15) is 13.2 Å². The van der Waals surface area contributed by atoms with Crippen molar-refractivity contribution in [3.63, 3.8) is 0 Å². The molecule has 1 aliphatic carbocycles. The molecule has 104 heavy (non-hydrogen) atoms. The molecule has 4 heterocycles. The topological polar surface area (TPSA) is 270 Å². The first-order valence-corrected chi connectivity index (χ1v) is 37.3. The van der Waals surface area contributed by atoms with Gasteiger partial charge in [-0.25, -0.2) is 0 Å². The number of fused-ring (bicyclic) bond motifs is 2. The summed E-state index contributed by atoms with van der Waals surface area (Å²) >= 11 is 6.13. The second-order valence-corrected chi connectivity index (χ2v) is 29.7. The van der Waals surface area contributed by atoms with Crippen LogP contribution in [0, 0.1) is 31.1 Å². The number of nitrogens with zero attached hydrogens (tertiary/aromatic N) is 9. The highest BCUT2D eigenvalue weighted by molar-refractivity contribution is 6.31. The van der Waals surface area contributed by atoms with Gasteiger partial charge >= 0.3 is 6.18 Å². The van der Waals surface area contributed by atoms with Crippen LogP contribution < -0.4 is 16.0 Å². The van der Waals surface area contributed by atoms with Crippen molar-refractivity contribution in [2.24, 2.45) is 11.8 Å². The number of hydrogen-bond acceptors (Lipinski definition) is 13. The summed E-state index contributed by atoms with van der Waals surface area (Å²) in [5, 5.41) is 8.05. The summed E-state index contributed by atoms with van der Waals surface area (Å²) in [6.45, 7) is 7.33. The molecule has 7 rings (SSSR count).